The van der Waals surface area contributed by atoms with Crippen LogP contribution in [-0.4, -0.2) is 12.4 Å². The Labute approximate surface area is 124 Å². The molecule has 0 aliphatic rings. The van der Waals surface area contributed by atoms with Crippen molar-refractivity contribution in [2.75, 3.05) is 6.61 Å². The highest BCUT2D eigenvalue weighted by Crippen LogP contribution is 2.23. The van der Waals surface area contributed by atoms with Gasteiger partial charge in [-0.05, 0) is 24.1 Å². The largest absolute Gasteiger partial charge is 0.484 e. The molecule has 0 fully saturated rings. The van der Waals surface area contributed by atoms with Crippen LogP contribution in [-0.2, 0) is 6.42 Å². The number of rotatable bonds is 6. The third-order valence-corrected chi connectivity index (χ3v) is 3.32. The van der Waals surface area contributed by atoms with E-state index in [1.807, 2.05) is 36.4 Å². The summed E-state index contributed by atoms with van der Waals surface area (Å²) in [7, 11) is 0. The van der Waals surface area contributed by atoms with Gasteiger partial charge in [0.05, 0.1) is 5.02 Å². The predicted octanol–water partition coefficient (Wildman–Crippen LogP) is 4.55. The second kappa shape index (κ2) is 7.11. The number of benzene rings is 2. The molecule has 20 heavy (non-hydrogen) atoms. The van der Waals surface area contributed by atoms with Crippen molar-refractivity contribution in [3.05, 3.63) is 64.7 Å². The molecule has 0 heterocycles. The van der Waals surface area contributed by atoms with Crippen LogP contribution in [0.5, 0.6) is 5.75 Å². The molecule has 0 saturated carbocycles. The summed E-state index contributed by atoms with van der Waals surface area (Å²) in [5.74, 6) is 0.484. The molecule has 0 amide bonds. The van der Waals surface area contributed by atoms with Gasteiger partial charge in [-0.1, -0.05) is 61.3 Å². The van der Waals surface area contributed by atoms with Crippen LogP contribution in [0.2, 0.25) is 5.02 Å². The van der Waals surface area contributed by atoms with E-state index in [9.17, 15) is 4.79 Å². The monoisotopic (exact) mass is 288 g/mol. The molecule has 2 aromatic rings. The van der Waals surface area contributed by atoms with Crippen LogP contribution >= 0.6 is 11.6 Å². The van der Waals surface area contributed by atoms with Crippen molar-refractivity contribution in [2.45, 2.75) is 19.8 Å². The number of ketones is 1. The molecule has 0 N–H and O–H groups in total. The lowest BCUT2D eigenvalue weighted by Crippen LogP contribution is -2.11. The highest BCUT2D eigenvalue weighted by Gasteiger charge is 2.08. The second-order valence-corrected chi connectivity index (χ2v) is 5.00. The Morgan fingerprint density at radius 3 is 2.45 bits per heavy atom. The topological polar surface area (TPSA) is 26.3 Å². The number of halogens is 1. The van der Waals surface area contributed by atoms with Gasteiger partial charge in [0.25, 0.3) is 0 Å². The minimum Gasteiger partial charge on any atom is -0.484 e. The van der Waals surface area contributed by atoms with E-state index in [4.69, 9.17) is 16.3 Å². The van der Waals surface area contributed by atoms with Gasteiger partial charge in [-0.2, -0.15) is 0 Å². The maximum absolute atomic E-state index is 12.0. The van der Waals surface area contributed by atoms with Crippen molar-refractivity contribution in [1.29, 1.82) is 0 Å². The highest BCUT2D eigenvalue weighted by molar-refractivity contribution is 6.32. The van der Waals surface area contributed by atoms with Crippen LogP contribution in [0.3, 0.4) is 0 Å². The minimum atomic E-state index is -0.0482. The summed E-state index contributed by atoms with van der Waals surface area (Å²) in [6, 6.07) is 14.8. The lowest BCUT2D eigenvalue weighted by Gasteiger charge is -2.07. The summed E-state index contributed by atoms with van der Waals surface area (Å²) in [4.78, 5) is 12.0. The second-order valence-electron chi connectivity index (χ2n) is 4.59. The number of carbonyl (C=O) groups is 1. The summed E-state index contributed by atoms with van der Waals surface area (Å²) >= 11 is 5.97. The third kappa shape index (κ3) is 3.84. The summed E-state index contributed by atoms with van der Waals surface area (Å²) < 4.78 is 5.45. The molecule has 0 atom stereocenters. The van der Waals surface area contributed by atoms with Crippen molar-refractivity contribution in [3.8, 4) is 5.75 Å². The van der Waals surface area contributed by atoms with Crippen LogP contribution in [0.4, 0.5) is 0 Å². The SMILES string of the molecule is CCCc1ccc(C(=O)COc2ccccc2Cl)cc1. The normalized spacial score (nSPS) is 10.3. The first-order valence-electron chi connectivity index (χ1n) is 6.70. The fourth-order valence-electron chi connectivity index (χ4n) is 1.93. The standard InChI is InChI=1S/C17H17ClO2/c1-2-5-13-8-10-14(11-9-13)16(19)12-20-17-7-4-3-6-15(17)18/h3-4,6-11H,2,5,12H2,1H3. The summed E-state index contributed by atoms with van der Waals surface area (Å²) in [5, 5.41) is 0.513. The van der Waals surface area contributed by atoms with Crippen molar-refractivity contribution >= 4 is 17.4 Å². The van der Waals surface area contributed by atoms with Crippen LogP contribution in [0, 0.1) is 0 Å². The number of Topliss-reactive ketones (excluding diaryl/α,β-unsaturated/α-hetero) is 1. The zero-order valence-electron chi connectivity index (χ0n) is 11.4. The maximum Gasteiger partial charge on any atom is 0.200 e. The molecule has 0 aliphatic heterocycles. The number of aryl methyl sites for hydroxylation is 1. The predicted molar refractivity (Wildman–Crippen MR) is 81.7 cm³/mol. The van der Waals surface area contributed by atoms with Crippen LogP contribution in [0.25, 0.3) is 0 Å². The summed E-state index contributed by atoms with van der Waals surface area (Å²) in [6.45, 7) is 2.13. The van der Waals surface area contributed by atoms with Gasteiger partial charge in [0.1, 0.15) is 5.75 Å². The number of carbonyl (C=O) groups excluding carboxylic acids is 1. The molecule has 104 valence electrons. The van der Waals surface area contributed by atoms with E-state index in [0.29, 0.717) is 16.3 Å². The molecular weight excluding hydrogens is 272 g/mol. The molecule has 0 aromatic heterocycles. The molecule has 0 unspecified atom stereocenters. The van der Waals surface area contributed by atoms with Gasteiger partial charge in [-0.25, -0.2) is 0 Å². The lowest BCUT2D eigenvalue weighted by atomic mass is 10.1. The number of ether oxygens (including phenoxy) is 1. The summed E-state index contributed by atoms with van der Waals surface area (Å²) in [6.07, 6.45) is 2.13. The van der Waals surface area contributed by atoms with Crippen LogP contribution in [0.1, 0.15) is 29.3 Å². The van der Waals surface area contributed by atoms with E-state index in [-0.39, 0.29) is 12.4 Å². The highest BCUT2D eigenvalue weighted by atomic mass is 35.5. The van der Waals surface area contributed by atoms with Crippen molar-refractivity contribution in [1.82, 2.24) is 0 Å². The van der Waals surface area contributed by atoms with Gasteiger partial charge in [0.2, 0.25) is 0 Å². The molecule has 3 heteroatoms. The molecule has 0 bridgehead atoms. The van der Waals surface area contributed by atoms with Gasteiger partial charge < -0.3 is 4.74 Å². The van der Waals surface area contributed by atoms with E-state index in [0.717, 1.165) is 12.8 Å². The van der Waals surface area contributed by atoms with Gasteiger partial charge in [0, 0.05) is 5.56 Å². The Bertz CT molecular complexity index is 576. The zero-order chi connectivity index (χ0) is 14.4. The van der Waals surface area contributed by atoms with Gasteiger partial charge in [-0.3, -0.25) is 4.79 Å². The molecule has 2 nitrogen and oxygen atoms in total. The Balaban J connectivity index is 1.96. The number of hydrogen-bond donors (Lipinski definition) is 0. The van der Waals surface area contributed by atoms with E-state index < -0.39 is 0 Å². The van der Waals surface area contributed by atoms with Crippen LogP contribution in [0.15, 0.2) is 48.5 Å². The average Bonchev–Trinajstić information content (AvgIpc) is 2.47. The van der Waals surface area contributed by atoms with E-state index in [1.165, 1.54) is 5.56 Å². The van der Waals surface area contributed by atoms with Crippen molar-refractivity contribution in [2.24, 2.45) is 0 Å². The first-order chi connectivity index (χ1) is 9.70. The third-order valence-electron chi connectivity index (χ3n) is 3.01. The minimum absolute atomic E-state index is 0.00312. The molecular formula is C17H17ClO2. The molecule has 0 aliphatic carbocycles. The van der Waals surface area contributed by atoms with Gasteiger partial charge >= 0.3 is 0 Å². The smallest absolute Gasteiger partial charge is 0.200 e. The quantitative estimate of drug-likeness (QED) is 0.729. The number of para-hydroxylation sites is 1. The Hall–Kier alpha value is -1.80. The van der Waals surface area contributed by atoms with E-state index in [2.05, 4.69) is 6.92 Å². The fraction of sp³-hybridized carbons (Fsp3) is 0.235. The first-order valence-corrected chi connectivity index (χ1v) is 7.08. The fourth-order valence-corrected chi connectivity index (χ4v) is 2.12. The van der Waals surface area contributed by atoms with Crippen LogP contribution < -0.4 is 4.74 Å². The molecule has 2 rings (SSSR count). The number of hydrogen-bond acceptors (Lipinski definition) is 2. The molecule has 2 aromatic carbocycles. The maximum atomic E-state index is 12.0. The Morgan fingerprint density at radius 1 is 1.10 bits per heavy atom. The van der Waals surface area contributed by atoms with Gasteiger partial charge in [0.15, 0.2) is 12.4 Å². The van der Waals surface area contributed by atoms with Gasteiger partial charge in [-0.15, -0.1) is 0 Å². The lowest BCUT2D eigenvalue weighted by molar-refractivity contribution is 0.0921. The summed E-state index contributed by atoms with van der Waals surface area (Å²) in [5.41, 5.74) is 1.91. The average molecular weight is 289 g/mol. The zero-order valence-corrected chi connectivity index (χ0v) is 12.2. The molecule has 0 saturated heterocycles. The van der Waals surface area contributed by atoms with E-state index in [1.54, 1.807) is 12.1 Å². The van der Waals surface area contributed by atoms with E-state index >= 15 is 0 Å². The molecule has 0 radical (unpaired) electrons. The Morgan fingerprint density at radius 2 is 1.80 bits per heavy atom. The first kappa shape index (κ1) is 14.6. The van der Waals surface area contributed by atoms with Crippen molar-refractivity contribution in [3.63, 3.8) is 0 Å². The molecule has 0 spiro atoms. The Kier molecular flexibility index (Phi) is 5.19. The van der Waals surface area contributed by atoms with Crippen molar-refractivity contribution < 1.29 is 9.53 Å².